The van der Waals surface area contributed by atoms with Gasteiger partial charge in [0, 0.05) is 12.3 Å². The minimum absolute atomic E-state index is 0.0989. The van der Waals surface area contributed by atoms with E-state index in [0.717, 1.165) is 11.3 Å². The molecule has 1 aromatic carbocycles. The van der Waals surface area contributed by atoms with E-state index in [0.29, 0.717) is 15.6 Å². The fourth-order valence-electron chi connectivity index (χ4n) is 2.18. The fourth-order valence-corrected chi connectivity index (χ4v) is 3.16. The monoisotopic (exact) mass is 372 g/mol. The second-order valence-corrected chi connectivity index (χ2v) is 6.65. The van der Waals surface area contributed by atoms with Crippen molar-refractivity contribution in [3.8, 4) is 0 Å². The Morgan fingerprint density at radius 1 is 1.40 bits per heavy atom. The molecular weight excluding hydrogens is 356 g/mol. The molecule has 0 saturated carbocycles. The van der Waals surface area contributed by atoms with E-state index < -0.39 is 0 Å². The van der Waals surface area contributed by atoms with Gasteiger partial charge in [0.2, 0.25) is 10.7 Å². The number of carbonyl (C=O) groups excluding carboxylic acids is 1. The summed E-state index contributed by atoms with van der Waals surface area (Å²) < 4.78 is 1.83. The summed E-state index contributed by atoms with van der Waals surface area (Å²) in [6.07, 6.45) is 3.05. The molecule has 9 heteroatoms. The van der Waals surface area contributed by atoms with Crippen LogP contribution < -0.4 is 4.90 Å². The van der Waals surface area contributed by atoms with Gasteiger partial charge in [-0.2, -0.15) is 14.9 Å². The van der Waals surface area contributed by atoms with Crippen molar-refractivity contribution < 1.29 is 4.79 Å². The third-order valence-corrected chi connectivity index (χ3v) is 4.74. The number of H-pyrrole nitrogens is 1. The number of nitrogens with one attached hydrogen (secondary N) is 1. The fraction of sp³-hybridized carbons (Fsp3) is 0.188. The van der Waals surface area contributed by atoms with Gasteiger partial charge in [-0.3, -0.25) is 14.8 Å². The molecule has 0 atom stereocenters. The number of aryl methyl sites for hydroxylation is 2. The Bertz CT molecular complexity index is 1000. The van der Waals surface area contributed by atoms with E-state index in [9.17, 15) is 4.79 Å². The number of anilines is 2. The lowest BCUT2D eigenvalue weighted by Crippen LogP contribution is -2.22. The topological polar surface area (TPSA) is 79.2 Å². The molecule has 2 heterocycles. The Hall–Kier alpha value is -2.65. The minimum atomic E-state index is -0.0989. The van der Waals surface area contributed by atoms with Gasteiger partial charge in [0.15, 0.2) is 5.13 Å². The van der Waals surface area contributed by atoms with Crippen LogP contribution in [0.25, 0.3) is 0 Å². The molecule has 0 aliphatic heterocycles. The molecule has 0 aliphatic carbocycles. The Balaban J connectivity index is 1.91. The number of carbonyl (C=O) groups is 1. The molecule has 0 unspecified atom stereocenters. The zero-order valence-corrected chi connectivity index (χ0v) is 15.6. The van der Waals surface area contributed by atoms with Gasteiger partial charge in [-0.05, 0) is 49.3 Å². The highest BCUT2D eigenvalue weighted by atomic mass is 32.1. The molecule has 3 aromatic rings. The number of thiazole rings is 1. The molecule has 128 valence electrons. The molecule has 0 fully saturated rings. The summed E-state index contributed by atoms with van der Waals surface area (Å²) in [6, 6.07) is 5.90. The van der Waals surface area contributed by atoms with Crippen molar-refractivity contribution in [2.45, 2.75) is 20.8 Å². The van der Waals surface area contributed by atoms with E-state index in [-0.39, 0.29) is 5.91 Å². The zero-order valence-electron chi connectivity index (χ0n) is 13.9. The highest BCUT2D eigenvalue weighted by Gasteiger charge is 2.18. The molecular formula is C16H16N6OS2. The third-order valence-electron chi connectivity index (χ3n) is 3.61. The van der Waals surface area contributed by atoms with Gasteiger partial charge in [0.25, 0.3) is 0 Å². The van der Waals surface area contributed by atoms with Crippen LogP contribution in [-0.4, -0.2) is 32.0 Å². The standard InChI is InChI=1S/C16H16N6OS2/c1-10-4-5-14(6-11(10)2)22(12(3)23)16-19-13(8-25-16)7-18-21-9-17-20-15(21)24/h4-9H,1-3H3,(H,20,24)/b18-7-. The van der Waals surface area contributed by atoms with Gasteiger partial charge < -0.3 is 0 Å². The van der Waals surface area contributed by atoms with Crippen molar-refractivity contribution >= 4 is 46.5 Å². The van der Waals surface area contributed by atoms with Gasteiger partial charge in [-0.15, -0.1) is 11.3 Å². The van der Waals surface area contributed by atoms with Gasteiger partial charge >= 0.3 is 0 Å². The van der Waals surface area contributed by atoms with Crippen LogP contribution in [0.5, 0.6) is 0 Å². The van der Waals surface area contributed by atoms with E-state index in [1.165, 1.54) is 34.8 Å². The first-order valence-corrected chi connectivity index (χ1v) is 8.74. The van der Waals surface area contributed by atoms with Crippen molar-refractivity contribution in [3.05, 3.63) is 51.5 Å². The molecule has 0 spiro atoms. The molecule has 0 bridgehead atoms. The second-order valence-electron chi connectivity index (χ2n) is 5.43. The zero-order chi connectivity index (χ0) is 18.0. The Morgan fingerprint density at radius 3 is 2.84 bits per heavy atom. The normalized spacial score (nSPS) is 11.2. The first kappa shape index (κ1) is 17.2. The number of rotatable bonds is 4. The van der Waals surface area contributed by atoms with Crippen LogP contribution in [0.2, 0.25) is 0 Å². The van der Waals surface area contributed by atoms with E-state index >= 15 is 0 Å². The van der Waals surface area contributed by atoms with Gasteiger partial charge in [0.05, 0.1) is 17.6 Å². The molecule has 0 saturated heterocycles. The first-order valence-electron chi connectivity index (χ1n) is 7.45. The highest BCUT2D eigenvalue weighted by molar-refractivity contribution is 7.71. The van der Waals surface area contributed by atoms with E-state index in [4.69, 9.17) is 12.2 Å². The van der Waals surface area contributed by atoms with E-state index in [2.05, 4.69) is 20.3 Å². The Kier molecular flexibility index (Phi) is 4.86. The maximum Gasteiger partial charge on any atom is 0.230 e. The molecule has 0 aliphatic rings. The van der Waals surface area contributed by atoms with Crippen LogP contribution in [0.15, 0.2) is 35.0 Å². The van der Waals surface area contributed by atoms with Crippen LogP contribution in [0.3, 0.4) is 0 Å². The quantitative estimate of drug-likeness (QED) is 0.561. The van der Waals surface area contributed by atoms with Crippen molar-refractivity contribution in [2.75, 3.05) is 4.90 Å². The summed E-state index contributed by atoms with van der Waals surface area (Å²) >= 11 is 6.40. The smallest absolute Gasteiger partial charge is 0.230 e. The highest BCUT2D eigenvalue weighted by Crippen LogP contribution is 2.29. The van der Waals surface area contributed by atoms with Crippen LogP contribution in [0.4, 0.5) is 10.8 Å². The van der Waals surface area contributed by atoms with Crippen molar-refractivity contribution in [3.63, 3.8) is 0 Å². The van der Waals surface area contributed by atoms with Crippen molar-refractivity contribution in [2.24, 2.45) is 5.10 Å². The maximum atomic E-state index is 12.2. The second kappa shape index (κ2) is 7.08. The molecule has 2 aromatic heterocycles. The molecule has 0 radical (unpaired) electrons. The third kappa shape index (κ3) is 3.72. The number of nitrogens with zero attached hydrogens (tertiary/aromatic N) is 5. The summed E-state index contributed by atoms with van der Waals surface area (Å²) in [5, 5.41) is 13.0. The Labute approximate surface area is 153 Å². The van der Waals surface area contributed by atoms with Gasteiger partial charge in [0.1, 0.15) is 6.33 Å². The minimum Gasteiger partial charge on any atom is -0.274 e. The molecule has 25 heavy (non-hydrogen) atoms. The lowest BCUT2D eigenvalue weighted by Gasteiger charge is -2.19. The van der Waals surface area contributed by atoms with Gasteiger partial charge in [-0.1, -0.05) is 6.07 Å². The lowest BCUT2D eigenvalue weighted by atomic mass is 10.1. The maximum absolute atomic E-state index is 12.2. The predicted molar refractivity (Wildman–Crippen MR) is 101 cm³/mol. The van der Waals surface area contributed by atoms with Crippen molar-refractivity contribution in [1.29, 1.82) is 0 Å². The summed E-state index contributed by atoms with van der Waals surface area (Å²) in [7, 11) is 0. The van der Waals surface area contributed by atoms with Crippen LogP contribution >= 0.6 is 23.6 Å². The van der Waals surface area contributed by atoms with E-state index in [1.54, 1.807) is 11.1 Å². The number of hydrogen-bond donors (Lipinski definition) is 1. The molecule has 3 rings (SSSR count). The average molecular weight is 372 g/mol. The number of aromatic nitrogens is 4. The number of aromatic amines is 1. The SMILES string of the molecule is CC(=O)N(c1ccc(C)c(C)c1)c1nc(/C=N\n2cn[nH]c2=S)cs1. The Morgan fingerprint density at radius 2 is 2.20 bits per heavy atom. The number of amides is 1. The van der Waals surface area contributed by atoms with E-state index in [1.807, 2.05) is 37.4 Å². The number of hydrogen-bond acceptors (Lipinski definition) is 6. The van der Waals surface area contributed by atoms with Crippen LogP contribution in [0.1, 0.15) is 23.7 Å². The summed E-state index contributed by atoms with van der Waals surface area (Å²) in [5.74, 6) is -0.0989. The summed E-state index contributed by atoms with van der Waals surface area (Å²) in [6.45, 7) is 5.58. The predicted octanol–water partition coefficient (Wildman–Crippen LogP) is 3.58. The van der Waals surface area contributed by atoms with Gasteiger partial charge in [-0.25, -0.2) is 4.98 Å². The summed E-state index contributed by atoms with van der Waals surface area (Å²) in [5.41, 5.74) is 3.73. The molecule has 1 amide bonds. The average Bonchev–Trinajstić information content (AvgIpc) is 3.18. The molecule has 7 nitrogen and oxygen atoms in total. The van der Waals surface area contributed by atoms with Crippen LogP contribution in [0, 0.1) is 18.6 Å². The molecule has 1 N–H and O–H groups in total. The summed E-state index contributed by atoms with van der Waals surface area (Å²) in [4.78, 5) is 18.2. The van der Waals surface area contributed by atoms with Crippen molar-refractivity contribution in [1.82, 2.24) is 19.9 Å². The largest absolute Gasteiger partial charge is 0.274 e. The first-order chi connectivity index (χ1) is 12.0. The lowest BCUT2D eigenvalue weighted by molar-refractivity contribution is -0.115. The van der Waals surface area contributed by atoms with Crippen LogP contribution in [-0.2, 0) is 4.79 Å². The number of benzene rings is 1.